The van der Waals surface area contributed by atoms with Crippen molar-refractivity contribution in [3.8, 4) is 0 Å². The molecule has 0 fully saturated rings. The molecule has 0 aliphatic rings. The minimum absolute atomic E-state index is 0.493. The Balaban J connectivity index is 1.73. The summed E-state index contributed by atoms with van der Waals surface area (Å²) in [6.07, 6.45) is 6.34. The highest BCUT2D eigenvalue weighted by molar-refractivity contribution is 5.78. The predicted molar refractivity (Wildman–Crippen MR) is 79.3 cm³/mol. The van der Waals surface area contributed by atoms with Gasteiger partial charge in [0.2, 0.25) is 0 Å². The molecule has 2 heterocycles. The highest BCUT2D eigenvalue weighted by atomic mass is 16.3. The van der Waals surface area contributed by atoms with E-state index in [1.165, 1.54) is 0 Å². The van der Waals surface area contributed by atoms with Crippen LogP contribution in [0.5, 0.6) is 0 Å². The first kappa shape index (κ1) is 12.8. The Morgan fingerprint density at radius 2 is 1.95 bits per heavy atom. The lowest BCUT2D eigenvalue weighted by atomic mass is 10.0. The molecule has 20 heavy (non-hydrogen) atoms. The zero-order valence-corrected chi connectivity index (χ0v) is 11.1. The van der Waals surface area contributed by atoms with Gasteiger partial charge in [0.15, 0.2) is 0 Å². The first-order valence-corrected chi connectivity index (χ1v) is 6.74. The van der Waals surface area contributed by atoms with Crippen LogP contribution in [0, 0.1) is 0 Å². The number of hydrogen-bond donors (Lipinski definition) is 1. The first-order valence-electron chi connectivity index (χ1n) is 6.74. The lowest BCUT2D eigenvalue weighted by molar-refractivity contribution is 0.167. The van der Waals surface area contributed by atoms with Crippen LogP contribution in [0.25, 0.3) is 10.9 Å². The van der Waals surface area contributed by atoms with Gasteiger partial charge in [0.1, 0.15) is 0 Å². The van der Waals surface area contributed by atoms with E-state index in [-0.39, 0.29) is 0 Å². The highest BCUT2D eigenvalue weighted by Crippen LogP contribution is 2.21. The minimum atomic E-state index is -0.493. The monoisotopic (exact) mass is 264 g/mol. The topological polar surface area (TPSA) is 46.0 Å². The number of hydrogen-bond acceptors (Lipinski definition) is 3. The van der Waals surface area contributed by atoms with Gasteiger partial charge in [-0.05, 0) is 42.2 Å². The summed E-state index contributed by atoms with van der Waals surface area (Å²) in [6.45, 7) is 0. The maximum absolute atomic E-state index is 10.3. The molecule has 0 saturated heterocycles. The third-order valence-corrected chi connectivity index (χ3v) is 3.43. The third kappa shape index (κ3) is 2.83. The van der Waals surface area contributed by atoms with E-state index >= 15 is 0 Å². The highest BCUT2D eigenvalue weighted by Gasteiger charge is 2.09. The normalized spacial score (nSPS) is 12.4. The van der Waals surface area contributed by atoms with Gasteiger partial charge in [0.05, 0.1) is 11.6 Å². The summed E-state index contributed by atoms with van der Waals surface area (Å²) in [5, 5.41) is 11.3. The molecule has 100 valence electrons. The number of aliphatic hydroxyl groups is 1. The minimum Gasteiger partial charge on any atom is -0.388 e. The quantitative estimate of drug-likeness (QED) is 0.786. The Morgan fingerprint density at radius 3 is 2.80 bits per heavy atom. The van der Waals surface area contributed by atoms with Crippen molar-refractivity contribution < 1.29 is 5.11 Å². The summed E-state index contributed by atoms with van der Waals surface area (Å²) in [4.78, 5) is 8.47. The van der Waals surface area contributed by atoms with E-state index in [1.54, 1.807) is 12.4 Å². The van der Waals surface area contributed by atoms with E-state index in [2.05, 4.69) is 9.97 Å². The van der Waals surface area contributed by atoms with Crippen molar-refractivity contribution in [2.45, 2.75) is 18.9 Å². The van der Waals surface area contributed by atoms with Crippen molar-refractivity contribution in [1.82, 2.24) is 9.97 Å². The molecule has 1 atom stereocenters. The zero-order valence-electron chi connectivity index (χ0n) is 11.1. The zero-order chi connectivity index (χ0) is 13.8. The van der Waals surface area contributed by atoms with Crippen molar-refractivity contribution in [3.63, 3.8) is 0 Å². The molecule has 1 aromatic carbocycles. The Hall–Kier alpha value is -2.26. The lowest BCUT2D eigenvalue weighted by Crippen LogP contribution is -2.00. The Morgan fingerprint density at radius 1 is 1.05 bits per heavy atom. The van der Waals surface area contributed by atoms with E-state index < -0.39 is 6.10 Å². The number of aryl methyl sites for hydroxylation is 1. The van der Waals surface area contributed by atoms with Crippen molar-refractivity contribution >= 4 is 10.9 Å². The fraction of sp³-hybridized carbons (Fsp3) is 0.176. The van der Waals surface area contributed by atoms with E-state index in [0.717, 1.165) is 28.5 Å². The van der Waals surface area contributed by atoms with Crippen LogP contribution in [0.4, 0.5) is 0 Å². The second kappa shape index (κ2) is 5.80. The number of benzene rings is 1. The maximum atomic E-state index is 10.3. The van der Waals surface area contributed by atoms with Crippen LogP contribution in [-0.4, -0.2) is 15.1 Å². The Bertz CT molecular complexity index is 697. The number of nitrogens with zero attached hydrogens (tertiary/aromatic N) is 2. The number of fused-ring (bicyclic) bond motifs is 1. The van der Waals surface area contributed by atoms with E-state index in [0.29, 0.717) is 6.42 Å². The summed E-state index contributed by atoms with van der Waals surface area (Å²) in [6, 6.07) is 13.9. The molecule has 0 bridgehead atoms. The molecule has 1 unspecified atom stereocenters. The lowest BCUT2D eigenvalue weighted by Gasteiger charge is -2.11. The van der Waals surface area contributed by atoms with Gasteiger partial charge in [-0.3, -0.25) is 9.97 Å². The number of pyridine rings is 2. The molecule has 3 heteroatoms. The summed E-state index contributed by atoms with van der Waals surface area (Å²) >= 11 is 0. The Kier molecular flexibility index (Phi) is 3.70. The van der Waals surface area contributed by atoms with Crippen molar-refractivity contribution in [3.05, 3.63) is 72.2 Å². The molecule has 3 nitrogen and oxygen atoms in total. The molecule has 0 aliphatic carbocycles. The van der Waals surface area contributed by atoms with Crippen LogP contribution < -0.4 is 0 Å². The molecule has 3 rings (SSSR count). The number of rotatable bonds is 4. The SMILES string of the molecule is OC(CCc1cccnc1)c1cnc2ccccc2c1. The second-order valence-electron chi connectivity index (χ2n) is 4.88. The largest absolute Gasteiger partial charge is 0.388 e. The smallest absolute Gasteiger partial charge is 0.0808 e. The van der Waals surface area contributed by atoms with Gasteiger partial charge in [-0.2, -0.15) is 0 Å². The first-order chi connectivity index (χ1) is 9.83. The molecule has 0 amide bonds. The standard InChI is InChI=1S/C17H16N2O/c20-17(8-7-13-4-3-9-18-11-13)15-10-14-5-1-2-6-16(14)19-12-15/h1-6,9-12,17,20H,7-8H2. The van der Waals surface area contributed by atoms with E-state index in [4.69, 9.17) is 0 Å². The van der Waals surface area contributed by atoms with Crippen LogP contribution in [0.3, 0.4) is 0 Å². The molecule has 1 N–H and O–H groups in total. The van der Waals surface area contributed by atoms with Crippen LogP contribution in [0.1, 0.15) is 23.7 Å². The number of aromatic nitrogens is 2. The average Bonchev–Trinajstić information content (AvgIpc) is 2.53. The van der Waals surface area contributed by atoms with E-state index in [9.17, 15) is 5.11 Å². The fourth-order valence-electron chi connectivity index (χ4n) is 2.29. The molecular weight excluding hydrogens is 248 g/mol. The van der Waals surface area contributed by atoms with Gasteiger partial charge < -0.3 is 5.11 Å². The summed E-state index contributed by atoms with van der Waals surface area (Å²) in [5.74, 6) is 0. The fourth-order valence-corrected chi connectivity index (χ4v) is 2.29. The Labute approximate surface area is 117 Å². The van der Waals surface area contributed by atoms with Gasteiger partial charge in [0.25, 0.3) is 0 Å². The van der Waals surface area contributed by atoms with E-state index in [1.807, 2.05) is 48.7 Å². The molecular formula is C17H16N2O. The van der Waals surface area contributed by atoms with Crippen LogP contribution in [0.15, 0.2) is 61.1 Å². The van der Waals surface area contributed by atoms with Gasteiger partial charge in [-0.25, -0.2) is 0 Å². The molecule has 0 saturated carbocycles. The van der Waals surface area contributed by atoms with Crippen LogP contribution >= 0.6 is 0 Å². The van der Waals surface area contributed by atoms with Gasteiger partial charge >= 0.3 is 0 Å². The van der Waals surface area contributed by atoms with Gasteiger partial charge in [-0.15, -0.1) is 0 Å². The predicted octanol–water partition coefficient (Wildman–Crippen LogP) is 3.30. The molecule has 3 aromatic rings. The summed E-state index contributed by atoms with van der Waals surface area (Å²) in [7, 11) is 0. The average molecular weight is 264 g/mol. The molecule has 0 spiro atoms. The molecule has 0 radical (unpaired) electrons. The van der Waals surface area contributed by atoms with Crippen LogP contribution in [0.2, 0.25) is 0 Å². The maximum Gasteiger partial charge on any atom is 0.0808 e. The van der Waals surface area contributed by atoms with Crippen molar-refractivity contribution in [2.75, 3.05) is 0 Å². The summed E-state index contributed by atoms with van der Waals surface area (Å²) in [5.41, 5.74) is 2.96. The number of para-hydroxylation sites is 1. The second-order valence-corrected chi connectivity index (χ2v) is 4.88. The summed E-state index contributed by atoms with van der Waals surface area (Å²) < 4.78 is 0. The number of aliphatic hydroxyl groups excluding tert-OH is 1. The van der Waals surface area contributed by atoms with Gasteiger partial charge in [0, 0.05) is 24.0 Å². The molecule has 0 aliphatic heterocycles. The van der Waals surface area contributed by atoms with Crippen molar-refractivity contribution in [1.29, 1.82) is 0 Å². The van der Waals surface area contributed by atoms with Crippen LogP contribution in [-0.2, 0) is 6.42 Å². The van der Waals surface area contributed by atoms with Gasteiger partial charge in [-0.1, -0.05) is 24.3 Å². The third-order valence-electron chi connectivity index (χ3n) is 3.43. The van der Waals surface area contributed by atoms with Crippen molar-refractivity contribution in [2.24, 2.45) is 0 Å². The molecule has 2 aromatic heterocycles.